The van der Waals surface area contributed by atoms with Gasteiger partial charge in [-0.3, -0.25) is 4.90 Å². The van der Waals surface area contributed by atoms with Crippen molar-refractivity contribution >= 4 is 23.2 Å². The van der Waals surface area contributed by atoms with Crippen molar-refractivity contribution in [2.45, 2.75) is 4.96 Å². The lowest BCUT2D eigenvalue weighted by atomic mass is 10.6. The zero-order valence-electron chi connectivity index (χ0n) is 4.35. The molecule has 0 N–H and O–H groups in total. The first-order valence-electron chi connectivity index (χ1n) is 2.48. The third kappa shape index (κ3) is 1.38. The molecule has 0 fully saturated rings. The molecule has 0 aliphatic carbocycles. The molecule has 1 nitrogen and oxygen atoms in total. The summed E-state index contributed by atoms with van der Waals surface area (Å²) in [6.45, 7) is 1.77. The molecule has 3 heteroatoms. The fourth-order valence-electron chi connectivity index (χ4n) is 0.654. The van der Waals surface area contributed by atoms with Crippen molar-refractivity contribution in [3.05, 3.63) is 12.2 Å². The second-order valence-corrected chi connectivity index (χ2v) is 2.75. The van der Waals surface area contributed by atoms with Crippen LogP contribution in [-0.4, -0.2) is 22.9 Å². The highest BCUT2D eigenvalue weighted by atomic mass is 35.5. The van der Waals surface area contributed by atoms with Gasteiger partial charge >= 0.3 is 0 Å². The van der Waals surface area contributed by atoms with E-state index in [-0.39, 0.29) is 4.96 Å². The van der Waals surface area contributed by atoms with Crippen LogP contribution < -0.4 is 0 Å². The molecule has 0 aromatic heterocycles. The van der Waals surface area contributed by atoms with Crippen LogP contribution in [0, 0.1) is 0 Å². The maximum absolute atomic E-state index is 5.54. The van der Waals surface area contributed by atoms with Gasteiger partial charge in [-0.15, -0.1) is 0 Å². The summed E-state index contributed by atoms with van der Waals surface area (Å²) < 4.78 is 0. The minimum absolute atomic E-state index is 0.343. The van der Waals surface area contributed by atoms with E-state index in [9.17, 15) is 0 Å². The molecule has 8 heavy (non-hydrogen) atoms. The third-order valence-electron chi connectivity index (χ3n) is 1.12. The van der Waals surface area contributed by atoms with E-state index < -0.39 is 0 Å². The molecule has 0 unspecified atom stereocenters. The number of halogens is 2. The Morgan fingerprint density at radius 1 is 1.25 bits per heavy atom. The Labute approximate surface area is 58.9 Å². The van der Waals surface area contributed by atoms with Crippen LogP contribution in [0.5, 0.6) is 0 Å². The Kier molecular flexibility index (Phi) is 2.17. The van der Waals surface area contributed by atoms with Gasteiger partial charge in [0.15, 0.2) is 4.96 Å². The second-order valence-electron chi connectivity index (χ2n) is 1.70. The summed E-state index contributed by atoms with van der Waals surface area (Å²) in [6, 6.07) is 0. The van der Waals surface area contributed by atoms with Gasteiger partial charge in [-0.25, -0.2) is 0 Å². The van der Waals surface area contributed by atoms with Gasteiger partial charge in [0.05, 0.1) is 0 Å². The topological polar surface area (TPSA) is 3.24 Å². The van der Waals surface area contributed by atoms with Crippen molar-refractivity contribution < 1.29 is 0 Å². The van der Waals surface area contributed by atoms with Gasteiger partial charge < -0.3 is 0 Å². The molecule has 1 heterocycles. The van der Waals surface area contributed by atoms with Gasteiger partial charge in [0.2, 0.25) is 0 Å². The van der Waals surface area contributed by atoms with E-state index in [0.29, 0.717) is 0 Å². The first kappa shape index (κ1) is 6.40. The smallest absolute Gasteiger partial charge is 0.161 e. The van der Waals surface area contributed by atoms with E-state index in [1.807, 2.05) is 4.90 Å². The summed E-state index contributed by atoms with van der Waals surface area (Å²) in [5, 5.41) is 0. The second kappa shape index (κ2) is 2.72. The molecule has 0 aromatic carbocycles. The Hall–Kier alpha value is 0.280. The van der Waals surface area contributed by atoms with Gasteiger partial charge in [-0.05, 0) is 0 Å². The molecule has 0 saturated heterocycles. The number of hydrogen-bond acceptors (Lipinski definition) is 1. The van der Waals surface area contributed by atoms with E-state index in [4.69, 9.17) is 23.2 Å². The molecule has 1 aliphatic rings. The van der Waals surface area contributed by atoms with Gasteiger partial charge in [0.1, 0.15) is 0 Å². The molecule has 0 bridgehead atoms. The Bertz CT molecular complexity index is 92.6. The summed E-state index contributed by atoms with van der Waals surface area (Å²) in [6.07, 6.45) is 4.11. The highest BCUT2D eigenvalue weighted by Gasteiger charge is 2.11. The largest absolute Gasteiger partial charge is 0.268 e. The fourth-order valence-corrected chi connectivity index (χ4v) is 0.972. The van der Waals surface area contributed by atoms with Gasteiger partial charge in [-0.2, -0.15) is 0 Å². The summed E-state index contributed by atoms with van der Waals surface area (Å²) in [5.74, 6) is 0. The van der Waals surface area contributed by atoms with Crippen molar-refractivity contribution in [3.8, 4) is 0 Å². The monoisotopic (exact) mass is 151 g/mol. The van der Waals surface area contributed by atoms with Crippen LogP contribution in [0.25, 0.3) is 0 Å². The summed E-state index contributed by atoms with van der Waals surface area (Å²) >= 11 is 11.1. The zero-order chi connectivity index (χ0) is 5.98. The predicted molar refractivity (Wildman–Crippen MR) is 36.2 cm³/mol. The summed E-state index contributed by atoms with van der Waals surface area (Å²) in [7, 11) is 0. The first-order chi connectivity index (χ1) is 3.80. The van der Waals surface area contributed by atoms with E-state index >= 15 is 0 Å². The fraction of sp³-hybridized carbons (Fsp3) is 0.600. The lowest BCUT2D eigenvalue weighted by Crippen LogP contribution is -2.23. The number of nitrogens with zero attached hydrogens (tertiary/aromatic N) is 1. The van der Waals surface area contributed by atoms with Crippen LogP contribution in [-0.2, 0) is 0 Å². The molecular weight excluding hydrogens is 145 g/mol. The van der Waals surface area contributed by atoms with Crippen molar-refractivity contribution in [2.24, 2.45) is 0 Å². The Balaban J connectivity index is 2.29. The van der Waals surface area contributed by atoms with Crippen LogP contribution >= 0.6 is 23.2 Å². The maximum Gasteiger partial charge on any atom is 0.161 e. The van der Waals surface area contributed by atoms with E-state index in [0.717, 1.165) is 13.1 Å². The quantitative estimate of drug-likeness (QED) is 0.313. The normalized spacial score (nSPS) is 20.9. The van der Waals surface area contributed by atoms with Gasteiger partial charge in [-0.1, -0.05) is 35.4 Å². The average Bonchev–Trinajstić information content (AvgIpc) is 2.12. The minimum Gasteiger partial charge on any atom is -0.268 e. The maximum atomic E-state index is 5.54. The third-order valence-corrected chi connectivity index (χ3v) is 1.67. The summed E-state index contributed by atoms with van der Waals surface area (Å²) in [5.41, 5.74) is 0. The number of alkyl halides is 2. The molecule has 1 aliphatic heterocycles. The molecule has 0 spiro atoms. The first-order valence-corrected chi connectivity index (χ1v) is 3.35. The standard InChI is InChI=1S/C5H7Cl2N/c6-5(7)8-3-1-2-4-8/h1-2,5H,3-4H2. The predicted octanol–water partition coefficient (Wildman–Crippen LogP) is 1.62. The molecular formula is C5H7Cl2N. The van der Waals surface area contributed by atoms with Crippen LogP contribution in [0.4, 0.5) is 0 Å². The zero-order valence-corrected chi connectivity index (χ0v) is 5.86. The molecule has 1 rings (SSSR count). The van der Waals surface area contributed by atoms with Crippen LogP contribution in [0.15, 0.2) is 12.2 Å². The SMILES string of the molecule is ClC(Cl)N1CC=CC1. The van der Waals surface area contributed by atoms with E-state index in [1.54, 1.807) is 0 Å². The lowest BCUT2D eigenvalue weighted by molar-refractivity contribution is 0.386. The average molecular weight is 152 g/mol. The lowest BCUT2D eigenvalue weighted by Gasteiger charge is -2.14. The van der Waals surface area contributed by atoms with Crippen molar-refractivity contribution in [3.63, 3.8) is 0 Å². The number of hydrogen-bond donors (Lipinski definition) is 0. The van der Waals surface area contributed by atoms with Gasteiger partial charge in [0, 0.05) is 13.1 Å². The Morgan fingerprint density at radius 3 is 2.00 bits per heavy atom. The van der Waals surface area contributed by atoms with E-state index in [1.165, 1.54) is 0 Å². The molecule has 0 atom stereocenters. The molecule has 0 aromatic rings. The molecule has 0 radical (unpaired) electrons. The van der Waals surface area contributed by atoms with Crippen LogP contribution in [0.2, 0.25) is 0 Å². The minimum atomic E-state index is -0.343. The molecule has 0 amide bonds. The Morgan fingerprint density at radius 2 is 1.75 bits per heavy atom. The van der Waals surface area contributed by atoms with Crippen molar-refractivity contribution in [2.75, 3.05) is 13.1 Å². The molecule has 46 valence electrons. The number of rotatable bonds is 1. The highest BCUT2D eigenvalue weighted by Crippen LogP contribution is 2.11. The summed E-state index contributed by atoms with van der Waals surface area (Å²) in [4.78, 5) is 1.60. The highest BCUT2D eigenvalue weighted by molar-refractivity contribution is 6.43. The van der Waals surface area contributed by atoms with Crippen LogP contribution in [0.1, 0.15) is 0 Å². The van der Waals surface area contributed by atoms with E-state index in [2.05, 4.69) is 12.2 Å². The van der Waals surface area contributed by atoms with Crippen LogP contribution in [0.3, 0.4) is 0 Å². The molecule has 0 saturated carbocycles. The van der Waals surface area contributed by atoms with Crippen molar-refractivity contribution in [1.29, 1.82) is 0 Å². The van der Waals surface area contributed by atoms with Gasteiger partial charge in [0.25, 0.3) is 0 Å². The van der Waals surface area contributed by atoms with Crippen molar-refractivity contribution in [1.82, 2.24) is 4.90 Å².